The number of carbonyl (C=O) groups is 1. The van der Waals surface area contributed by atoms with Gasteiger partial charge in [-0.2, -0.15) is 0 Å². The maximum absolute atomic E-state index is 11.7. The van der Waals surface area contributed by atoms with Gasteiger partial charge < -0.3 is 11.1 Å². The molecule has 0 aliphatic carbocycles. The van der Waals surface area contributed by atoms with Crippen LogP contribution in [0, 0.1) is 6.92 Å². The topological polar surface area (TPSA) is 68.0 Å². The minimum Gasteiger partial charge on any atom is -0.369 e. The Balaban J connectivity index is 2.32. The lowest BCUT2D eigenvalue weighted by Gasteiger charge is -2.18. The molecule has 5 heteroatoms. The van der Waals surface area contributed by atoms with E-state index in [1.165, 1.54) is 0 Å². The molecule has 3 N–H and O–H groups in total. The first kappa shape index (κ1) is 13.5. The van der Waals surface area contributed by atoms with E-state index in [1.54, 1.807) is 12.4 Å². The second kappa shape index (κ2) is 5.84. The summed E-state index contributed by atoms with van der Waals surface area (Å²) < 4.78 is 0.838. The Morgan fingerprint density at radius 2 is 2.11 bits per heavy atom. The van der Waals surface area contributed by atoms with Crippen molar-refractivity contribution < 1.29 is 4.79 Å². The fourth-order valence-corrected chi connectivity index (χ4v) is 2.24. The SMILES string of the molecule is Cc1ccccc1C(Nc1cncc(Br)c1)C(N)=O. The average molecular weight is 320 g/mol. The fraction of sp³-hybridized carbons (Fsp3) is 0.143. The molecule has 1 unspecified atom stereocenters. The van der Waals surface area contributed by atoms with E-state index in [-0.39, 0.29) is 0 Å². The van der Waals surface area contributed by atoms with Crippen LogP contribution in [0.2, 0.25) is 0 Å². The van der Waals surface area contributed by atoms with Gasteiger partial charge in [-0.1, -0.05) is 24.3 Å². The van der Waals surface area contributed by atoms with Crippen molar-refractivity contribution in [2.45, 2.75) is 13.0 Å². The number of pyridine rings is 1. The van der Waals surface area contributed by atoms with Crippen molar-refractivity contribution >= 4 is 27.5 Å². The Bertz CT molecular complexity index is 601. The number of aryl methyl sites for hydroxylation is 1. The molecule has 0 saturated heterocycles. The number of nitrogens with one attached hydrogen (secondary N) is 1. The molecule has 0 fully saturated rings. The Kier molecular flexibility index (Phi) is 4.16. The third-order valence-electron chi connectivity index (χ3n) is 2.80. The van der Waals surface area contributed by atoms with Crippen LogP contribution in [-0.2, 0) is 4.79 Å². The Hall–Kier alpha value is -1.88. The molecule has 0 aliphatic heterocycles. The molecular weight excluding hydrogens is 306 g/mol. The second-order valence-corrected chi connectivity index (χ2v) is 5.14. The van der Waals surface area contributed by atoms with E-state index in [0.717, 1.165) is 21.3 Å². The fourth-order valence-electron chi connectivity index (χ4n) is 1.87. The van der Waals surface area contributed by atoms with Crippen LogP contribution in [0.1, 0.15) is 17.2 Å². The van der Waals surface area contributed by atoms with Gasteiger partial charge >= 0.3 is 0 Å². The summed E-state index contributed by atoms with van der Waals surface area (Å²) in [6, 6.07) is 8.94. The molecule has 1 aromatic carbocycles. The van der Waals surface area contributed by atoms with E-state index in [0.29, 0.717) is 0 Å². The molecule has 98 valence electrons. The Labute approximate surface area is 120 Å². The number of hydrogen-bond donors (Lipinski definition) is 2. The van der Waals surface area contributed by atoms with E-state index < -0.39 is 11.9 Å². The van der Waals surface area contributed by atoms with Gasteiger partial charge in [-0.15, -0.1) is 0 Å². The molecule has 0 spiro atoms. The number of benzene rings is 1. The molecule has 0 bridgehead atoms. The molecular formula is C14H14BrN3O. The summed E-state index contributed by atoms with van der Waals surface area (Å²) in [5.74, 6) is -0.422. The highest BCUT2D eigenvalue weighted by atomic mass is 79.9. The van der Waals surface area contributed by atoms with Crippen LogP contribution in [0.5, 0.6) is 0 Å². The maximum Gasteiger partial charge on any atom is 0.244 e. The summed E-state index contributed by atoms with van der Waals surface area (Å²) in [4.78, 5) is 15.7. The number of nitrogens with two attached hydrogens (primary N) is 1. The predicted octanol–water partition coefficient (Wildman–Crippen LogP) is 2.79. The van der Waals surface area contributed by atoms with Crippen molar-refractivity contribution in [1.82, 2.24) is 4.98 Å². The van der Waals surface area contributed by atoms with E-state index in [2.05, 4.69) is 26.2 Å². The zero-order chi connectivity index (χ0) is 13.8. The normalized spacial score (nSPS) is 11.9. The van der Waals surface area contributed by atoms with E-state index in [1.807, 2.05) is 37.3 Å². The molecule has 0 aliphatic rings. The number of halogens is 1. The Morgan fingerprint density at radius 1 is 1.37 bits per heavy atom. The zero-order valence-corrected chi connectivity index (χ0v) is 12.0. The van der Waals surface area contributed by atoms with Crippen molar-refractivity contribution in [2.24, 2.45) is 5.73 Å². The first-order valence-corrected chi connectivity index (χ1v) is 6.59. The number of rotatable bonds is 4. The number of aromatic nitrogens is 1. The van der Waals surface area contributed by atoms with Crippen LogP contribution in [0.3, 0.4) is 0 Å². The summed E-state index contributed by atoms with van der Waals surface area (Å²) in [5.41, 5.74) is 8.11. The third-order valence-corrected chi connectivity index (χ3v) is 3.23. The van der Waals surface area contributed by atoms with Gasteiger partial charge in [0.15, 0.2) is 0 Å². The molecule has 4 nitrogen and oxygen atoms in total. The van der Waals surface area contributed by atoms with E-state index in [4.69, 9.17) is 5.73 Å². The van der Waals surface area contributed by atoms with Gasteiger partial charge in [0, 0.05) is 10.7 Å². The van der Waals surface area contributed by atoms with E-state index in [9.17, 15) is 4.79 Å². The van der Waals surface area contributed by atoms with Crippen molar-refractivity contribution in [3.05, 3.63) is 58.3 Å². The predicted molar refractivity (Wildman–Crippen MR) is 78.7 cm³/mol. The van der Waals surface area contributed by atoms with Gasteiger partial charge in [0.2, 0.25) is 5.91 Å². The zero-order valence-electron chi connectivity index (χ0n) is 10.4. The number of nitrogens with zero attached hydrogens (tertiary/aromatic N) is 1. The van der Waals surface area contributed by atoms with Gasteiger partial charge in [0.1, 0.15) is 6.04 Å². The van der Waals surface area contributed by atoms with Crippen molar-refractivity contribution in [1.29, 1.82) is 0 Å². The number of hydrogen-bond acceptors (Lipinski definition) is 3. The molecule has 1 amide bonds. The number of anilines is 1. The molecule has 1 aromatic heterocycles. The highest BCUT2D eigenvalue weighted by molar-refractivity contribution is 9.10. The summed E-state index contributed by atoms with van der Waals surface area (Å²) in [6.07, 6.45) is 3.33. The Morgan fingerprint density at radius 3 is 2.74 bits per heavy atom. The number of carbonyl (C=O) groups excluding carboxylic acids is 1. The summed E-state index contributed by atoms with van der Waals surface area (Å²) in [5, 5.41) is 3.11. The van der Waals surface area contributed by atoms with Gasteiger partial charge in [0.25, 0.3) is 0 Å². The second-order valence-electron chi connectivity index (χ2n) is 4.23. The van der Waals surface area contributed by atoms with Crippen LogP contribution < -0.4 is 11.1 Å². The largest absolute Gasteiger partial charge is 0.369 e. The van der Waals surface area contributed by atoms with Crippen LogP contribution >= 0.6 is 15.9 Å². The average Bonchev–Trinajstić information content (AvgIpc) is 2.37. The third kappa shape index (κ3) is 3.32. The minimum atomic E-state index is -0.572. The van der Waals surface area contributed by atoms with Crippen molar-refractivity contribution in [3.8, 4) is 0 Å². The van der Waals surface area contributed by atoms with E-state index >= 15 is 0 Å². The maximum atomic E-state index is 11.7. The summed E-state index contributed by atoms with van der Waals surface area (Å²) in [7, 11) is 0. The number of primary amides is 1. The highest BCUT2D eigenvalue weighted by Crippen LogP contribution is 2.23. The lowest BCUT2D eigenvalue weighted by molar-refractivity contribution is -0.118. The summed E-state index contributed by atoms with van der Waals surface area (Å²) in [6.45, 7) is 1.95. The van der Waals surface area contributed by atoms with Crippen LogP contribution in [-0.4, -0.2) is 10.9 Å². The first-order valence-electron chi connectivity index (χ1n) is 5.80. The molecule has 19 heavy (non-hydrogen) atoms. The number of amides is 1. The van der Waals surface area contributed by atoms with Gasteiger partial charge in [-0.25, -0.2) is 0 Å². The molecule has 2 rings (SSSR count). The molecule has 0 saturated carbocycles. The summed E-state index contributed by atoms with van der Waals surface area (Å²) >= 11 is 3.34. The molecule has 1 atom stereocenters. The first-order chi connectivity index (χ1) is 9.08. The molecule has 2 aromatic rings. The van der Waals surface area contributed by atoms with Gasteiger partial charge in [-0.3, -0.25) is 9.78 Å². The highest BCUT2D eigenvalue weighted by Gasteiger charge is 2.19. The minimum absolute atomic E-state index is 0.422. The lowest BCUT2D eigenvalue weighted by Crippen LogP contribution is -2.28. The smallest absolute Gasteiger partial charge is 0.244 e. The lowest BCUT2D eigenvalue weighted by atomic mass is 10.0. The molecule has 1 heterocycles. The van der Waals surface area contributed by atoms with Crippen molar-refractivity contribution in [2.75, 3.05) is 5.32 Å². The van der Waals surface area contributed by atoms with Crippen LogP contribution in [0.25, 0.3) is 0 Å². The monoisotopic (exact) mass is 319 g/mol. The van der Waals surface area contributed by atoms with Crippen LogP contribution in [0.4, 0.5) is 5.69 Å². The standard InChI is InChI=1S/C14H14BrN3O/c1-9-4-2-3-5-12(9)13(14(16)19)18-11-6-10(15)7-17-8-11/h2-8,13,18H,1H3,(H2,16,19). The van der Waals surface area contributed by atoms with Crippen molar-refractivity contribution in [3.63, 3.8) is 0 Å². The van der Waals surface area contributed by atoms with Gasteiger partial charge in [0.05, 0.1) is 11.9 Å². The van der Waals surface area contributed by atoms with Crippen LogP contribution in [0.15, 0.2) is 47.2 Å². The molecule has 0 radical (unpaired) electrons. The quantitative estimate of drug-likeness (QED) is 0.910. The van der Waals surface area contributed by atoms with Gasteiger partial charge in [-0.05, 0) is 40.0 Å².